The van der Waals surface area contributed by atoms with Crippen LogP contribution in [0.25, 0.3) is 0 Å². The maximum Gasteiger partial charge on any atom is 0.320 e. The molecule has 9 heteroatoms. The molecule has 0 saturated carbocycles. The number of rotatable bonds is 7. The lowest BCUT2D eigenvalue weighted by Gasteiger charge is -2.23. The highest BCUT2D eigenvalue weighted by Gasteiger charge is 2.09. The summed E-state index contributed by atoms with van der Waals surface area (Å²) in [7, 11) is 5.40. The molecule has 0 spiro atoms. The molecular formula is C11H25N5O4. The Kier molecular flexibility index (Phi) is 10.2. The van der Waals surface area contributed by atoms with Gasteiger partial charge in [0.05, 0.1) is 27.1 Å². The number of carboxylic acid groups (broad SMARTS) is 2. The van der Waals surface area contributed by atoms with Gasteiger partial charge in [0.2, 0.25) is 0 Å². The lowest BCUT2D eigenvalue weighted by Crippen LogP contribution is -2.45. The second-order valence-electron chi connectivity index (χ2n) is 5.21. The number of aliphatic carboxylic acids is 2. The number of aliphatic imine (C=N–C) groups is 1. The number of carboxylic acids is 2. The largest absolute Gasteiger partial charge is 0.544 e. The van der Waals surface area contributed by atoms with Crippen LogP contribution in [-0.2, 0) is 9.59 Å². The molecule has 0 heterocycles. The first-order chi connectivity index (χ1) is 8.95. The van der Waals surface area contributed by atoms with Crippen molar-refractivity contribution in [3.8, 4) is 0 Å². The van der Waals surface area contributed by atoms with E-state index in [-0.39, 0.29) is 12.5 Å². The first-order valence-corrected chi connectivity index (χ1v) is 5.99. The van der Waals surface area contributed by atoms with Crippen molar-refractivity contribution in [2.45, 2.75) is 18.9 Å². The van der Waals surface area contributed by atoms with Crippen molar-refractivity contribution in [3.05, 3.63) is 0 Å². The Morgan fingerprint density at radius 2 is 1.80 bits per heavy atom. The smallest absolute Gasteiger partial charge is 0.320 e. The minimum Gasteiger partial charge on any atom is -0.544 e. The van der Waals surface area contributed by atoms with Crippen molar-refractivity contribution < 1.29 is 24.3 Å². The van der Waals surface area contributed by atoms with E-state index >= 15 is 0 Å². The zero-order valence-corrected chi connectivity index (χ0v) is 12.2. The van der Waals surface area contributed by atoms with Gasteiger partial charge in [0, 0.05) is 6.54 Å². The molecular weight excluding hydrogens is 266 g/mol. The van der Waals surface area contributed by atoms with Gasteiger partial charge in [0.15, 0.2) is 5.96 Å². The van der Waals surface area contributed by atoms with Crippen LogP contribution >= 0.6 is 0 Å². The van der Waals surface area contributed by atoms with E-state index in [1.807, 2.05) is 0 Å². The number of carbonyl (C=O) groups excluding carboxylic acids is 1. The minimum atomic E-state index is -1.00. The average molecular weight is 291 g/mol. The number of nitrogens with zero attached hydrogens (tertiary/aromatic N) is 2. The fourth-order valence-electron chi connectivity index (χ4n) is 1.03. The molecule has 0 saturated heterocycles. The Hall–Kier alpha value is -1.87. The van der Waals surface area contributed by atoms with Gasteiger partial charge in [-0.2, -0.15) is 0 Å². The topological polar surface area (TPSA) is 168 Å². The number of carbonyl (C=O) groups is 2. The van der Waals surface area contributed by atoms with Crippen LogP contribution in [0.15, 0.2) is 4.99 Å². The van der Waals surface area contributed by atoms with Gasteiger partial charge in [0.25, 0.3) is 0 Å². The summed E-state index contributed by atoms with van der Waals surface area (Å²) in [4.78, 5) is 23.8. The van der Waals surface area contributed by atoms with Gasteiger partial charge >= 0.3 is 5.97 Å². The summed E-state index contributed by atoms with van der Waals surface area (Å²) in [5, 5.41) is 18.3. The summed E-state index contributed by atoms with van der Waals surface area (Å²) < 4.78 is 0.419. The SMILES string of the molecule is C[N+](C)(C)CC(=O)[O-].NC(N)=NCCCC(N)C(=O)O. The molecule has 1 atom stereocenters. The van der Waals surface area contributed by atoms with E-state index in [0.717, 1.165) is 0 Å². The van der Waals surface area contributed by atoms with Crippen LogP contribution in [-0.4, -0.2) is 67.8 Å². The van der Waals surface area contributed by atoms with Crippen molar-refractivity contribution in [3.63, 3.8) is 0 Å². The summed E-state index contributed by atoms with van der Waals surface area (Å²) in [6.45, 7) is 0.489. The number of likely N-dealkylation sites (N-methyl/N-ethyl adjacent to an activating group) is 1. The zero-order valence-electron chi connectivity index (χ0n) is 12.2. The Bertz CT molecular complexity index is 334. The molecule has 0 bridgehead atoms. The number of hydrogen-bond donors (Lipinski definition) is 4. The molecule has 7 N–H and O–H groups in total. The minimum absolute atomic E-state index is 0.0129. The average Bonchev–Trinajstić information content (AvgIpc) is 2.20. The molecule has 1 unspecified atom stereocenters. The summed E-state index contributed by atoms with van der Waals surface area (Å²) in [5.74, 6) is -1.99. The van der Waals surface area contributed by atoms with Crippen molar-refractivity contribution in [2.75, 3.05) is 34.2 Å². The molecule has 0 aliphatic carbocycles. The molecule has 0 rings (SSSR count). The van der Waals surface area contributed by atoms with Gasteiger partial charge in [-0.05, 0) is 12.8 Å². The fraction of sp³-hybridized carbons (Fsp3) is 0.727. The number of nitrogens with two attached hydrogens (primary N) is 3. The molecule has 0 aliphatic rings. The van der Waals surface area contributed by atoms with E-state index in [1.165, 1.54) is 0 Å². The first-order valence-electron chi connectivity index (χ1n) is 5.99. The summed E-state index contributed by atoms with van der Waals surface area (Å²) in [5.41, 5.74) is 15.3. The van der Waals surface area contributed by atoms with Gasteiger partial charge in [-0.15, -0.1) is 0 Å². The quantitative estimate of drug-likeness (QED) is 0.166. The second kappa shape index (κ2) is 9.98. The fourth-order valence-corrected chi connectivity index (χ4v) is 1.03. The van der Waals surface area contributed by atoms with Crippen molar-refractivity contribution in [1.82, 2.24) is 0 Å². The van der Waals surface area contributed by atoms with E-state index in [9.17, 15) is 14.7 Å². The Morgan fingerprint density at radius 1 is 1.30 bits per heavy atom. The Labute approximate surface area is 118 Å². The molecule has 0 aliphatic heterocycles. The van der Waals surface area contributed by atoms with Crippen molar-refractivity contribution in [2.24, 2.45) is 22.2 Å². The Morgan fingerprint density at radius 3 is 2.05 bits per heavy atom. The van der Waals surface area contributed by atoms with E-state index < -0.39 is 18.0 Å². The highest BCUT2D eigenvalue weighted by Crippen LogP contribution is 1.94. The maximum atomic E-state index is 10.2. The highest BCUT2D eigenvalue weighted by atomic mass is 16.4. The van der Waals surface area contributed by atoms with E-state index in [0.29, 0.717) is 23.9 Å². The van der Waals surface area contributed by atoms with Crippen LogP contribution in [0.4, 0.5) is 0 Å². The normalized spacial score (nSPS) is 11.8. The van der Waals surface area contributed by atoms with Gasteiger partial charge in [0.1, 0.15) is 12.6 Å². The van der Waals surface area contributed by atoms with Crippen LogP contribution in [0, 0.1) is 0 Å². The lowest BCUT2D eigenvalue weighted by atomic mass is 10.2. The highest BCUT2D eigenvalue weighted by molar-refractivity contribution is 5.75. The van der Waals surface area contributed by atoms with Crippen LogP contribution in [0.5, 0.6) is 0 Å². The summed E-state index contributed by atoms with van der Waals surface area (Å²) in [6.07, 6.45) is 0.956. The predicted molar refractivity (Wildman–Crippen MR) is 73.4 cm³/mol. The summed E-state index contributed by atoms with van der Waals surface area (Å²) >= 11 is 0. The molecule has 0 amide bonds. The Balaban J connectivity index is 0. The van der Waals surface area contributed by atoms with Gasteiger partial charge in [-0.3, -0.25) is 9.79 Å². The molecule has 0 fully saturated rings. The molecule has 9 nitrogen and oxygen atoms in total. The lowest BCUT2D eigenvalue weighted by molar-refractivity contribution is -0.864. The van der Waals surface area contributed by atoms with Crippen LogP contribution < -0.4 is 22.3 Å². The standard InChI is InChI=1S/C6H14N4O2.C5H11NO2/c7-4(5(11)12)2-1-3-10-6(8)9;1-6(2,3)4-5(7)8/h4H,1-3,7H2,(H,11,12)(H4,8,9,10);4H2,1-3H3. The molecule has 0 radical (unpaired) electrons. The molecule has 20 heavy (non-hydrogen) atoms. The van der Waals surface area contributed by atoms with Crippen LogP contribution in [0.3, 0.4) is 0 Å². The maximum absolute atomic E-state index is 10.2. The molecule has 118 valence electrons. The molecule has 0 aromatic rings. The molecule has 0 aromatic carbocycles. The number of guanidine groups is 1. The third-order valence-corrected chi connectivity index (χ3v) is 1.89. The van der Waals surface area contributed by atoms with Crippen LogP contribution in [0.1, 0.15) is 12.8 Å². The van der Waals surface area contributed by atoms with Crippen molar-refractivity contribution in [1.29, 1.82) is 0 Å². The third-order valence-electron chi connectivity index (χ3n) is 1.89. The van der Waals surface area contributed by atoms with Gasteiger partial charge < -0.3 is 36.7 Å². The zero-order chi connectivity index (χ0) is 16.3. The van der Waals surface area contributed by atoms with E-state index in [4.69, 9.17) is 22.3 Å². The van der Waals surface area contributed by atoms with Gasteiger partial charge in [-0.1, -0.05) is 0 Å². The van der Waals surface area contributed by atoms with Crippen molar-refractivity contribution >= 4 is 17.9 Å². The number of quaternary nitrogens is 1. The molecule has 0 aromatic heterocycles. The van der Waals surface area contributed by atoms with Crippen LogP contribution in [0.2, 0.25) is 0 Å². The van der Waals surface area contributed by atoms with E-state index in [2.05, 4.69) is 4.99 Å². The first kappa shape index (κ1) is 20.4. The summed E-state index contributed by atoms with van der Waals surface area (Å²) in [6, 6.07) is -0.820. The van der Waals surface area contributed by atoms with Gasteiger partial charge in [-0.25, -0.2) is 0 Å². The third kappa shape index (κ3) is 18.5. The second-order valence-corrected chi connectivity index (χ2v) is 5.21. The van der Waals surface area contributed by atoms with E-state index in [1.54, 1.807) is 21.1 Å². The monoisotopic (exact) mass is 291 g/mol. The predicted octanol–water partition coefficient (Wildman–Crippen LogP) is -3.11. The number of hydrogen-bond acceptors (Lipinski definition) is 5.